The molecule has 0 radical (unpaired) electrons. The molecule has 0 aliphatic heterocycles. The molecule has 0 amide bonds. The van der Waals surface area contributed by atoms with Crippen molar-refractivity contribution in [2.45, 2.75) is 19.8 Å². The molecule has 0 fully saturated rings. The van der Waals surface area contributed by atoms with E-state index in [1.807, 2.05) is 19.1 Å². The van der Waals surface area contributed by atoms with Crippen LogP contribution >= 0.6 is 12.4 Å². The van der Waals surface area contributed by atoms with E-state index in [1.165, 1.54) is 4.31 Å². The molecule has 6 heteroatoms. The van der Waals surface area contributed by atoms with E-state index in [-0.39, 0.29) is 24.1 Å². The maximum absolute atomic E-state index is 11.6. The normalized spacial score (nSPS) is 13.2. The molecule has 1 unspecified atom stereocenters. The predicted molar refractivity (Wildman–Crippen MR) is 72.0 cm³/mol. The van der Waals surface area contributed by atoms with Gasteiger partial charge >= 0.3 is 0 Å². The first-order valence-corrected chi connectivity index (χ1v) is 6.92. The number of rotatable bonds is 5. The van der Waals surface area contributed by atoms with Crippen LogP contribution in [-0.2, 0) is 10.0 Å². The van der Waals surface area contributed by atoms with Gasteiger partial charge in [0.1, 0.15) is 0 Å². The lowest BCUT2D eigenvalue weighted by atomic mass is 10.0. The summed E-state index contributed by atoms with van der Waals surface area (Å²) in [6.07, 6.45) is 3.44. The third-order valence-electron chi connectivity index (χ3n) is 2.65. The molecule has 98 valence electrons. The fraction of sp³-hybridized carbons (Fsp3) is 0.545. The topological polar surface area (TPSA) is 50.3 Å². The zero-order chi connectivity index (χ0) is 12.2. The molecule has 0 aliphatic rings. The average molecular weight is 279 g/mol. The third kappa shape index (κ3) is 4.61. The summed E-state index contributed by atoms with van der Waals surface area (Å²) in [5.41, 5.74) is 1.10. The van der Waals surface area contributed by atoms with Crippen molar-refractivity contribution in [1.29, 1.82) is 0 Å². The van der Waals surface area contributed by atoms with Crippen molar-refractivity contribution in [3.8, 4) is 0 Å². The molecule has 0 saturated carbocycles. The Labute approximate surface area is 110 Å². The molecule has 0 spiro atoms. The number of aromatic nitrogens is 1. The number of hydrogen-bond donors (Lipinski definition) is 0. The highest BCUT2D eigenvalue weighted by atomic mass is 35.5. The van der Waals surface area contributed by atoms with Crippen molar-refractivity contribution in [3.63, 3.8) is 0 Å². The van der Waals surface area contributed by atoms with Crippen molar-refractivity contribution < 1.29 is 8.42 Å². The molecule has 0 aromatic carbocycles. The second-order valence-corrected chi connectivity index (χ2v) is 6.23. The van der Waals surface area contributed by atoms with Crippen LogP contribution in [0, 0.1) is 0 Å². The van der Waals surface area contributed by atoms with E-state index in [2.05, 4.69) is 4.98 Å². The summed E-state index contributed by atoms with van der Waals surface area (Å²) in [4.78, 5) is 3.94. The fourth-order valence-electron chi connectivity index (χ4n) is 1.52. The summed E-state index contributed by atoms with van der Waals surface area (Å²) in [6, 6.07) is 3.83. The number of hydrogen-bond acceptors (Lipinski definition) is 3. The Kier molecular flexibility index (Phi) is 6.67. The molecular weight excluding hydrogens is 260 g/mol. The molecule has 1 rings (SSSR count). The molecule has 1 aromatic rings. The van der Waals surface area contributed by atoms with Gasteiger partial charge in [0.2, 0.25) is 10.0 Å². The second kappa shape index (κ2) is 6.93. The molecule has 0 N–H and O–H groups in total. The molecule has 17 heavy (non-hydrogen) atoms. The van der Waals surface area contributed by atoms with E-state index in [0.29, 0.717) is 6.54 Å². The highest BCUT2D eigenvalue weighted by molar-refractivity contribution is 7.89. The van der Waals surface area contributed by atoms with E-state index in [1.54, 1.807) is 26.4 Å². The van der Waals surface area contributed by atoms with Gasteiger partial charge in [-0.2, -0.15) is 0 Å². The van der Waals surface area contributed by atoms with Gasteiger partial charge in [-0.15, -0.1) is 12.4 Å². The van der Waals surface area contributed by atoms with Gasteiger partial charge < -0.3 is 0 Å². The number of likely N-dealkylation sites (N-methyl/N-ethyl adjacent to an activating group) is 1. The number of nitrogens with zero attached hydrogens (tertiary/aromatic N) is 2. The minimum atomic E-state index is -3.08. The molecule has 0 aliphatic carbocycles. The maximum atomic E-state index is 11.6. The van der Waals surface area contributed by atoms with Crippen LogP contribution < -0.4 is 0 Å². The maximum Gasteiger partial charge on any atom is 0.213 e. The smallest absolute Gasteiger partial charge is 0.213 e. The predicted octanol–water partition coefficient (Wildman–Crippen LogP) is 1.89. The molecule has 0 bridgehead atoms. The van der Waals surface area contributed by atoms with Crippen molar-refractivity contribution >= 4 is 22.4 Å². The van der Waals surface area contributed by atoms with Gasteiger partial charge in [-0.3, -0.25) is 4.98 Å². The van der Waals surface area contributed by atoms with Gasteiger partial charge in [-0.25, -0.2) is 12.7 Å². The zero-order valence-corrected chi connectivity index (χ0v) is 12.0. The highest BCUT2D eigenvalue weighted by Gasteiger charge is 2.18. The molecule has 4 nitrogen and oxygen atoms in total. The molecule has 1 atom stereocenters. The molecular formula is C11H19ClN2O2S. The average Bonchev–Trinajstić information content (AvgIpc) is 2.30. The summed E-state index contributed by atoms with van der Waals surface area (Å²) in [7, 11) is -1.46. The SMILES string of the molecule is CCS(=O)(=O)N(C)CC(C)c1ccncc1.Cl. The van der Waals surface area contributed by atoms with E-state index < -0.39 is 10.0 Å². The number of sulfonamides is 1. The first kappa shape index (κ1) is 16.4. The van der Waals surface area contributed by atoms with Crippen molar-refractivity contribution in [1.82, 2.24) is 9.29 Å². The fourth-order valence-corrected chi connectivity index (χ4v) is 2.41. The van der Waals surface area contributed by atoms with Crippen LogP contribution in [0.1, 0.15) is 25.3 Å². The van der Waals surface area contributed by atoms with Crippen molar-refractivity contribution in [2.24, 2.45) is 0 Å². The van der Waals surface area contributed by atoms with Crippen molar-refractivity contribution in [3.05, 3.63) is 30.1 Å². The number of pyridine rings is 1. The third-order valence-corrected chi connectivity index (χ3v) is 4.47. The molecule has 1 aromatic heterocycles. The minimum Gasteiger partial charge on any atom is -0.265 e. The van der Waals surface area contributed by atoms with E-state index in [9.17, 15) is 8.42 Å². The summed E-state index contributed by atoms with van der Waals surface area (Å²) in [5, 5.41) is 0. The summed E-state index contributed by atoms with van der Waals surface area (Å²) < 4.78 is 24.6. The molecule has 1 heterocycles. The van der Waals surface area contributed by atoms with Crippen LogP contribution in [0.3, 0.4) is 0 Å². The van der Waals surface area contributed by atoms with Gasteiger partial charge in [0, 0.05) is 26.0 Å². The van der Waals surface area contributed by atoms with Crippen LogP contribution in [0.5, 0.6) is 0 Å². The Hall–Kier alpha value is -0.650. The lowest BCUT2D eigenvalue weighted by Crippen LogP contribution is -2.31. The van der Waals surface area contributed by atoms with Crippen LogP contribution in [0.25, 0.3) is 0 Å². The van der Waals surface area contributed by atoms with Crippen LogP contribution in [0.4, 0.5) is 0 Å². The molecule has 0 saturated heterocycles. The van der Waals surface area contributed by atoms with Gasteiger partial charge in [0.05, 0.1) is 5.75 Å². The quantitative estimate of drug-likeness (QED) is 0.826. The minimum absolute atomic E-state index is 0. The van der Waals surface area contributed by atoms with Gasteiger partial charge in [0.25, 0.3) is 0 Å². The van der Waals surface area contributed by atoms with Crippen LogP contribution in [0.2, 0.25) is 0 Å². The summed E-state index contributed by atoms with van der Waals surface area (Å²) in [5.74, 6) is 0.321. The lowest BCUT2D eigenvalue weighted by molar-refractivity contribution is 0.447. The Bertz CT molecular complexity index is 422. The summed E-state index contributed by atoms with van der Waals surface area (Å²) in [6.45, 7) is 4.17. The lowest BCUT2D eigenvalue weighted by Gasteiger charge is -2.20. The largest absolute Gasteiger partial charge is 0.265 e. The second-order valence-electron chi connectivity index (χ2n) is 3.86. The van der Waals surface area contributed by atoms with E-state index in [0.717, 1.165) is 5.56 Å². The monoisotopic (exact) mass is 278 g/mol. The van der Waals surface area contributed by atoms with Gasteiger partial charge in [-0.1, -0.05) is 6.92 Å². The summed E-state index contributed by atoms with van der Waals surface area (Å²) >= 11 is 0. The van der Waals surface area contributed by atoms with E-state index >= 15 is 0 Å². The first-order valence-electron chi connectivity index (χ1n) is 5.31. The Balaban J connectivity index is 0.00000256. The first-order chi connectivity index (χ1) is 7.47. The standard InChI is InChI=1S/C11H18N2O2S.ClH/c1-4-16(14,15)13(3)9-10(2)11-5-7-12-8-6-11;/h5-8,10H,4,9H2,1-3H3;1H. The van der Waals surface area contributed by atoms with Crippen molar-refractivity contribution in [2.75, 3.05) is 19.3 Å². The number of halogens is 1. The highest BCUT2D eigenvalue weighted by Crippen LogP contribution is 2.16. The zero-order valence-electron chi connectivity index (χ0n) is 10.3. The Morgan fingerprint density at radius 3 is 2.35 bits per heavy atom. The van der Waals surface area contributed by atoms with Crippen LogP contribution in [0.15, 0.2) is 24.5 Å². The van der Waals surface area contributed by atoms with Crippen LogP contribution in [-0.4, -0.2) is 37.1 Å². The van der Waals surface area contributed by atoms with Gasteiger partial charge in [-0.05, 0) is 30.5 Å². The van der Waals surface area contributed by atoms with Gasteiger partial charge in [0.15, 0.2) is 0 Å². The Morgan fingerprint density at radius 1 is 1.35 bits per heavy atom. The Morgan fingerprint density at radius 2 is 1.88 bits per heavy atom. The van der Waals surface area contributed by atoms with E-state index in [4.69, 9.17) is 0 Å².